The van der Waals surface area contributed by atoms with Crippen molar-refractivity contribution in [3.8, 4) is 0 Å². The molecule has 0 saturated carbocycles. The average Bonchev–Trinajstić information content (AvgIpc) is 2.72. The molecule has 0 aliphatic heterocycles. The van der Waals surface area contributed by atoms with Crippen LogP contribution in [-0.2, 0) is 0 Å². The lowest BCUT2D eigenvalue weighted by Crippen LogP contribution is -2.12. The van der Waals surface area contributed by atoms with E-state index in [0.717, 1.165) is 40.1 Å². The maximum atomic E-state index is 5.59. The quantitative estimate of drug-likeness (QED) is 0.893. The topological polar surface area (TPSA) is 63.0 Å². The van der Waals surface area contributed by atoms with Crippen molar-refractivity contribution in [2.75, 3.05) is 17.7 Å². The van der Waals surface area contributed by atoms with Gasteiger partial charge in [0, 0.05) is 18.2 Å². The zero-order valence-corrected chi connectivity index (χ0v) is 13.0. The minimum absolute atomic E-state index is 0.130. The first-order valence-electron chi connectivity index (χ1n) is 6.78. The molecule has 0 saturated heterocycles. The average molecular weight is 274 g/mol. The normalized spacial score (nSPS) is 12.3. The minimum atomic E-state index is 0.130. The Kier molecular flexibility index (Phi) is 3.97. The molecule has 2 N–H and O–H groups in total. The highest BCUT2D eigenvalue weighted by Gasteiger charge is 2.15. The van der Waals surface area contributed by atoms with Crippen LogP contribution in [0.25, 0.3) is 0 Å². The van der Waals surface area contributed by atoms with E-state index in [1.54, 1.807) is 0 Å². The van der Waals surface area contributed by atoms with E-state index >= 15 is 0 Å². The number of nitrogens with zero attached hydrogens (tertiary/aromatic N) is 2. The van der Waals surface area contributed by atoms with Gasteiger partial charge in [0.2, 0.25) is 0 Å². The fraction of sp³-hybridized carbons (Fsp3) is 0.467. The zero-order chi connectivity index (χ0) is 14.9. The second-order valence-corrected chi connectivity index (χ2v) is 5.08. The Morgan fingerprint density at radius 2 is 1.75 bits per heavy atom. The van der Waals surface area contributed by atoms with E-state index < -0.39 is 0 Å². The first kappa shape index (κ1) is 14.4. The Balaban J connectivity index is 2.30. The highest BCUT2D eigenvalue weighted by atomic mass is 16.3. The number of hydrogen-bond donors (Lipinski definition) is 2. The Hall–Kier alpha value is -2.04. The largest absolute Gasteiger partial charge is 0.466 e. The van der Waals surface area contributed by atoms with Crippen LogP contribution in [0.2, 0.25) is 0 Å². The van der Waals surface area contributed by atoms with Crippen molar-refractivity contribution < 1.29 is 4.42 Å². The summed E-state index contributed by atoms with van der Waals surface area (Å²) < 4.78 is 5.59. The lowest BCUT2D eigenvalue weighted by Gasteiger charge is -2.17. The van der Waals surface area contributed by atoms with E-state index in [1.807, 2.05) is 34.7 Å². The number of aryl methyl sites for hydroxylation is 3. The maximum absolute atomic E-state index is 5.59. The summed E-state index contributed by atoms with van der Waals surface area (Å²) in [5, 5.41) is 6.54. The summed E-state index contributed by atoms with van der Waals surface area (Å²) >= 11 is 0. The standard InChI is InChI=1S/C15H22N4O/c1-8-7-13(11(4)20-8)10(3)17-15-9(2)14(16-6)18-12(5)19-15/h7,10H,1-6H3,(H2,16,17,18,19). The van der Waals surface area contributed by atoms with Gasteiger partial charge in [0.15, 0.2) is 0 Å². The first-order chi connectivity index (χ1) is 9.42. The van der Waals surface area contributed by atoms with Gasteiger partial charge in [-0.3, -0.25) is 0 Å². The third kappa shape index (κ3) is 2.76. The van der Waals surface area contributed by atoms with E-state index in [-0.39, 0.29) is 6.04 Å². The van der Waals surface area contributed by atoms with Gasteiger partial charge in [0.1, 0.15) is 29.0 Å². The molecule has 5 heteroatoms. The van der Waals surface area contributed by atoms with Crippen LogP contribution in [0.4, 0.5) is 11.6 Å². The van der Waals surface area contributed by atoms with E-state index in [2.05, 4.69) is 33.6 Å². The van der Waals surface area contributed by atoms with E-state index in [0.29, 0.717) is 0 Å². The number of anilines is 2. The Bertz CT molecular complexity index is 619. The second-order valence-electron chi connectivity index (χ2n) is 5.08. The van der Waals surface area contributed by atoms with Crippen molar-refractivity contribution in [3.05, 3.63) is 34.5 Å². The molecule has 20 heavy (non-hydrogen) atoms. The molecule has 1 atom stereocenters. The van der Waals surface area contributed by atoms with E-state index in [9.17, 15) is 0 Å². The third-order valence-corrected chi connectivity index (χ3v) is 3.39. The van der Waals surface area contributed by atoms with Crippen LogP contribution in [0.1, 0.15) is 41.4 Å². The predicted octanol–water partition coefficient (Wildman–Crippen LogP) is 3.52. The maximum Gasteiger partial charge on any atom is 0.135 e. The van der Waals surface area contributed by atoms with Gasteiger partial charge in [-0.05, 0) is 40.7 Å². The Labute approximate surface area is 119 Å². The molecule has 2 rings (SSSR count). The molecule has 2 aromatic heterocycles. The summed E-state index contributed by atoms with van der Waals surface area (Å²) in [4.78, 5) is 8.86. The molecular weight excluding hydrogens is 252 g/mol. The van der Waals surface area contributed by atoms with Crippen LogP contribution in [0, 0.1) is 27.7 Å². The summed E-state index contributed by atoms with van der Waals surface area (Å²) in [6, 6.07) is 2.19. The van der Waals surface area contributed by atoms with Crippen molar-refractivity contribution in [2.24, 2.45) is 0 Å². The second kappa shape index (κ2) is 5.53. The highest BCUT2D eigenvalue weighted by molar-refractivity contribution is 5.57. The fourth-order valence-corrected chi connectivity index (χ4v) is 2.38. The highest BCUT2D eigenvalue weighted by Crippen LogP contribution is 2.27. The summed E-state index contributed by atoms with van der Waals surface area (Å²) in [6.45, 7) is 9.95. The number of nitrogens with one attached hydrogen (secondary N) is 2. The Morgan fingerprint density at radius 1 is 1.10 bits per heavy atom. The molecule has 1 unspecified atom stereocenters. The molecule has 0 aromatic carbocycles. The van der Waals surface area contributed by atoms with Gasteiger partial charge in [-0.1, -0.05) is 0 Å². The smallest absolute Gasteiger partial charge is 0.135 e. The van der Waals surface area contributed by atoms with Crippen molar-refractivity contribution in [3.63, 3.8) is 0 Å². The van der Waals surface area contributed by atoms with Crippen LogP contribution in [0.5, 0.6) is 0 Å². The van der Waals surface area contributed by atoms with Crippen molar-refractivity contribution in [1.29, 1.82) is 0 Å². The van der Waals surface area contributed by atoms with Gasteiger partial charge in [-0.2, -0.15) is 0 Å². The van der Waals surface area contributed by atoms with Crippen molar-refractivity contribution in [1.82, 2.24) is 9.97 Å². The van der Waals surface area contributed by atoms with Crippen LogP contribution < -0.4 is 10.6 Å². The van der Waals surface area contributed by atoms with Gasteiger partial charge in [-0.15, -0.1) is 0 Å². The molecule has 0 aliphatic rings. The van der Waals surface area contributed by atoms with Crippen molar-refractivity contribution >= 4 is 11.6 Å². The molecular formula is C15H22N4O. The van der Waals surface area contributed by atoms with Gasteiger partial charge in [0.05, 0.1) is 6.04 Å². The minimum Gasteiger partial charge on any atom is -0.466 e. The van der Waals surface area contributed by atoms with Gasteiger partial charge in [0.25, 0.3) is 0 Å². The molecule has 0 fully saturated rings. The Morgan fingerprint density at radius 3 is 2.30 bits per heavy atom. The molecule has 108 valence electrons. The van der Waals surface area contributed by atoms with E-state index in [1.165, 1.54) is 0 Å². The molecule has 0 spiro atoms. The fourth-order valence-electron chi connectivity index (χ4n) is 2.38. The third-order valence-electron chi connectivity index (χ3n) is 3.39. The van der Waals surface area contributed by atoms with Gasteiger partial charge in [-0.25, -0.2) is 9.97 Å². The predicted molar refractivity (Wildman–Crippen MR) is 81.3 cm³/mol. The summed E-state index contributed by atoms with van der Waals surface area (Å²) in [6.07, 6.45) is 0. The molecule has 2 heterocycles. The molecule has 0 bridgehead atoms. The van der Waals surface area contributed by atoms with E-state index in [4.69, 9.17) is 4.42 Å². The lowest BCUT2D eigenvalue weighted by atomic mass is 10.1. The molecule has 2 aromatic rings. The van der Waals surface area contributed by atoms with Crippen LogP contribution in [0.15, 0.2) is 10.5 Å². The number of furan rings is 1. The zero-order valence-electron chi connectivity index (χ0n) is 13.0. The molecule has 0 amide bonds. The van der Waals surface area contributed by atoms with Gasteiger partial charge >= 0.3 is 0 Å². The summed E-state index contributed by atoms with van der Waals surface area (Å²) in [5.74, 6) is 4.33. The molecule has 0 radical (unpaired) electrons. The van der Waals surface area contributed by atoms with Crippen LogP contribution in [0.3, 0.4) is 0 Å². The lowest BCUT2D eigenvalue weighted by molar-refractivity contribution is 0.499. The van der Waals surface area contributed by atoms with Crippen LogP contribution >= 0.6 is 0 Å². The number of aromatic nitrogens is 2. The summed E-state index contributed by atoms with van der Waals surface area (Å²) in [5.41, 5.74) is 2.17. The molecule has 0 aliphatic carbocycles. The SMILES string of the molecule is CNc1nc(C)nc(NC(C)c2cc(C)oc2C)c1C. The first-order valence-corrected chi connectivity index (χ1v) is 6.78. The molecule has 5 nitrogen and oxygen atoms in total. The number of rotatable bonds is 4. The van der Waals surface area contributed by atoms with Gasteiger partial charge < -0.3 is 15.1 Å². The monoisotopic (exact) mass is 274 g/mol. The van der Waals surface area contributed by atoms with Crippen LogP contribution in [-0.4, -0.2) is 17.0 Å². The summed E-state index contributed by atoms with van der Waals surface area (Å²) in [7, 11) is 1.87. The van der Waals surface area contributed by atoms with Crippen molar-refractivity contribution in [2.45, 2.75) is 40.7 Å². The number of hydrogen-bond acceptors (Lipinski definition) is 5.